The van der Waals surface area contributed by atoms with E-state index >= 15 is 0 Å². The molecule has 0 spiro atoms. The lowest BCUT2D eigenvalue weighted by atomic mass is 10.00. The van der Waals surface area contributed by atoms with Crippen molar-refractivity contribution < 1.29 is 23.0 Å². The number of guanidine groups is 4. The molecule has 0 radical (unpaired) electrons. The van der Waals surface area contributed by atoms with Crippen LogP contribution in [0.25, 0.3) is 0 Å². The number of nitrogens with one attached hydrogen (secondary N) is 4. The number of carbonyl (C=O) groups excluding carboxylic acids is 1. The van der Waals surface area contributed by atoms with Crippen LogP contribution in [0.1, 0.15) is 92.9 Å². The maximum atomic E-state index is 13.5. The molecule has 0 atom stereocenters. The predicted molar refractivity (Wildman–Crippen MR) is 388 cm³/mol. The Balaban J connectivity index is 0.000000185. The highest BCUT2D eigenvalue weighted by atomic mass is 35.5. The number of ketones is 1. The normalized spacial score (nSPS) is 11.5. The first-order valence-electron chi connectivity index (χ1n) is 30.5. The number of aliphatic imine (C=N–C) groups is 4. The topological polar surface area (TPSA) is 340 Å². The lowest BCUT2D eigenvalue weighted by molar-refractivity contribution is 0.0176. The van der Waals surface area contributed by atoms with Crippen LogP contribution in [0.3, 0.4) is 0 Å². The molecule has 0 aliphatic rings. The van der Waals surface area contributed by atoms with Gasteiger partial charge in [-0.1, -0.05) is 90.3 Å². The molecule has 0 aliphatic heterocycles. The van der Waals surface area contributed by atoms with Gasteiger partial charge in [0.25, 0.3) is 29.7 Å². The highest BCUT2D eigenvalue weighted by molar-refractivity contribution is 6.34. The van der Waals surface area contributed by atoms with Gasteiger partial charge >= 0.3 is 0 Å². The van der Waals surface area contributed by atoms with Gasteiger partial charge in [0, 0.05) is 91.6 Å². The minimum Gasteiger partial charge on any atom is -0.494 e. The van der Waals surface area contributed by atoms with Crippen molar-refractivity contribution in [2.24, 2.45) is 42.9 Å². The van der Waals surface area contributed by atoms with Crippen LogP contribution in [0.5, 0.6) is 17.2 Å². The van der Waals surface area contributed by atoms with Crippen LogP contribution in [0, 0.1) is 62.3 Å². The Labute approximate surface area is 577 Å². The summed E-state index contributed by atoms with van der Waals surface area (Å²) in [6.07, 6.45) is 0.982. The molecule has 0 aliphatic carbocycles. The number of carbonyl (C=O) groups is 1. The molecule has 506 valence electrons. The van der Waals surface area contributed by atoms with E-state index in [-0.39, 0.29) is 52.1 Å². The van der Waals surface area contributed by atoms with Crippen LogP contribution >= 0.6 is 23.2 Å². The fourth-order valence-electron chi connectivity index (χ4n) is 8.93. The smallest absolute Gasteiger partial charge is 0.272 e. The Kier molecular flexibility index (Phi) is 26.6. The fourth-order valence-corrected chi connectivity index (χ4v) is 9.37. The molecule has 4 heterocycles. The molecule has 0 unspecified atom stereocenters. The summed E-state index contributed by atoms with van der Waals surface area (Å²) in [6, 6.07) is 48.5. The van der Waals surface area contributed by atoms with Crippen LogP contribution in [-0.4, -0.2) is 76.1 Å². The van der Waals surface area contributed by atoms with E-state index in [9.17, 15) is 13.6 Å². The highest BCUT2D eigenvalue weighted by Gasteiger charge is 2.27. The van der Waals surface area contributed by atoms with E-state index in [1.807, 2.05) is 172 Å². The third-order valence-corrected chi connectivity index (χ3v) is 13.6. The zero-order valence-electron chi connectivity index (χ0n) is 55.9. The molecule has 0 bridgehead atoms. The van der Waals surface area contributed by atoms with E-state index < -0.39 is 5.92 Å². The van der Waals surface area contributed by atoms with Crippen molar-refractivity contribution in [2.75, 3.05) is 27.9 Å². The largest absolute Gasteiger partial charge is 0.494 e. The second kappa shape index (κ2) is 35.3. The number of benzene rings is 6. The van der Waals surface area contributed by atoms with Crippen LogP contribution in [0.4, 0.5) is 55.3 Å². The summed E-state index contributed by atoms with van der Waals surface area (Å²) in [5, 5.41) is 12.2. The number of hydrogen-bond donors (Lipinski definition) is 8. The van der Waals surface area contributed by atoms with Gasteiger partial charge in [0.1, 0.15) is 17.2 Å². The average molecular weight is 1370 g/mol. The van der Waals surface area contributed by atoms with E-state index in [4.69, 9.17) is 55.6 Å². The third kappa shape index (κ3) is 24.3. The average Bonchev–Trinajstić information content (AvgIpc) is 0.839. The van der Waals surface area contributed by atoms with Crippen molar-refractivity contribution in [1.29, 1.82) is 0 Å². The summed E-state index contributed by atoms with van der Waals surface area (Å²) in [7, 11) is 0. The molecule has 98 heavy (non-hydrogen) atoms. The summed E-state index contributed by atoms with van der Waals surface area (Å²) >= 11 is 12.0. The first kappa shape index (κ1) is 73.8. The van der Waals surface area contributed by atoms with Gasteiger partial charge in [-0.05, 0) is 172 Å². The molecule has 0 saturated heterocycles. The summed E-state index contributed by atoms with van der Waals surface area (Å²) in [5.74, 6) is 0.642. The molecule has 10 rings (SSSR count). The van der Waals surface area contributed by atoms with Gasteiger partial charge < -0.3 is 53.7 Å². The van der Waals surface area contributed by atoms with E-state index in [0.29, 0.717) is 57.5 Å². The Morgan fingerprint density at radius 1 is 0.449 bits per heavy atom. The van der Waals surface area contributed by atoms with E-state index in [2.05, 4.69) is 88.0 Å². The van der Waals surface area contributed by atoms with Gasteiger partial charge in [-0.15, -0.1) is 0 Å². The van der Waals surface area contributed by atoms with Gasteiger partial charge in [-0.25, -0.2) is 48.7 Å². The minimum absolute atomic E-state index is 0.0114. The molecule has 0 fully saturated rings. The first-order chi connectivity index (χ1) is 46.6. The van der Waals surface area contributed by atoms with Gasteiger partial charge in [-0.3, -0.25) is 4.79 Å². The van der Waals surface area contributed by atoms with Crippen molar-refractivity contribution >= 4 is 99.4 Å². The minimum atomic E-state index is -3.06. The second-order valence-electron chi connectivity index (χ2n) is 22.0. The number of ether oxygens (including phenoxy) is 2. The number of alkyl halides is 2. The summed E-state index contributed by atoms with van der Waals surface area (Å²) < 4.78 is 38.3. The van der Waals surface area contributed by atoms with Crippen LogP contribution in [0.15, 0.2) is 184 Å². The first-order valence-corrected chi connectivity index (χ1v) is 31.3. The third-order valence-electron chi connectivity index (χ3n) is 13.0. The number of nitrogens with two attached hydrogens (primary N) is 4. The Morgan fingerprint density at radius 3 is 1.30 bits per heavy atom. The Bertz CT molecular complexity index is 4420. The van der Waals surface area contributed by atoms with Gasteiger partial charge in [-0.2, -0.15) is 20.0 Å². The van der Waals surface area contributed by atoms with Gasteiger partial charge in [0.05, 0.1) is 23.0 Å². The Hall–Kier alpha value is -11.6. The molecule has 6 aromatic carbocycles. The molecule has 23 nitrogen and oxygen atoms in total. The zero-order chi connectivity index (χ0) is 71.1. The highest BCUT2D eigenvalue weighted by Crippen LogP contribution is 2.35. The van der Waals surface area contributed by atoms with E-state index in [1.54, 1.807) is 36.4 Å². The molecule has 0 amide bonds. The summed E-state index contributed by atoms with van der Waals surface area (Å²) in [5.41, 5.74) is 34.3. The second-order valence-corrected chi connectivity index (χ2v) is 22.9. The SMILES string of the molecule is CCCOc1ccc(NC(N)=Nc2nc(C)cc(C)n2)cc1.Cc1cc(C)nc(N=C(N)Nc2cc(Oc3ccccc3)ccc2Cl)n1.Cc1cc(C)nc(N=C(N)Nc2ccc(Cl)c(C(C)(F)F)c2)n1.Cc1ccc(NC(N)=Nc2nc(C)cc(C)n2)c(C(=O)c2ccccc2)c1. The number of hydrogen-bond acceptors (Lipinski definition) is 15. The van der Waals surface area contributed by atoms with Crippen LogP contribution < -0.4 is 53.7 Å². The summed E-state index contributed by atoms with van der Waals surface area (Å²) in [6.45, 7) is 20.4. The number of nitrogens with zero attached hydrogens (tertiary/aromatic N) is 12. The molecule has 10 aromatic rings. The van der Waals surface area contributed by atoms with Crippen LogP contribution in [0.2, 0.25) is 10.0 Å². The van der Waals surface area contributed by atoms with Crippen LogP contribution in [-0.2, 0) is 5.92 Å². The molecule has 0 saturated carbocycles. The lowest BCUT2D eigenvalue weighted by Gasteiger charge is -2.14. The quantitative estimate of drug-likeness (QED) is 0.0253. The molecule has 4 aromatic heterocycles. The fraction of sp³-hybridized carbons (Fsp3) is 0.197. The zero-order valence-corrected chi connectivity index (χ0v) is 57.4. The number of rotatable bonds is 16. The number of anilines is 4. The number of aromatic nitrogens is 8. The standard InChI is InChI=1S/C21H21N5O.C19H18ClN5O.C16H21N5O.C15H16ClF2N5/c1-13-9-10-18(17(11-13)19(27)16-7-5-4-6-8-16)25-20(22)26-21-23-14(2)12-15(3)24-21;1-12-10-13(2)23-19(22-12)25-18(21)24-17-11-15(8-9-16(17)20)26-14-6-4-3-5-7-14;1-4-9-22-14-7-5-13(6-8-14)20-15(17)21-16-18-11(2)10-12(3)19-16;1-8-6-9(2)21-14(20-8)23-13(19)22-10-4-5-12(16)11(7-10)15(3,17)18/h4-12H,1-3H3,(H3,22,23,24,25,26);3-11H,1-2H3,(H3,21,22,23,24,25);5-8,10H,4,9H2,1-3H3,(H3,17,18,19,20,21);4-7H,1-3H3,(H3,19,20,21,22,23). The molecule has 12 N–H and O–H groups in total. The predicted octanol–water partition coefficient (Wildman–Crippen LogP) is 15.1. The van der Waals surface area contributed by atoms with Crippen molar-refractivity contribution in [2.45, 2.75) is 88.5 Å². The van der Waals surface area contributed by atoms with Crippen molar-refractivity contribution in [3.63, 3.8) is 0 Å². The number of aryl methyl sites for hydroxylation is 9. The van der Waals surface area contributed by atoms with Crippen molar-refractivity contribution in [3.8, 4) is 17.2 Å². The number of halogens is 4. The lowest BCUT2D eigenvalue weighted by Crippen LogP contribution is -2.23. The van der Waals surface area contributed by atoms with Crippen molar-refractivity contribution in [1.82, 2.24) is 39.9 Å². The Morgan fingerprint density at radius 2 is 0.847 bits per heavy atom. The number of para-hydroxylation sites is 1. The van der Waals surface area contributed by atoms with Gasteiger partial charge in [0.2, 0.25) is 23.8 Å². The monoisotopic (exact) mass is 1360 g/mol. The van der Waals surface area contributed by atoms with E-state index in [0.717, 1.165) is 81.6 Å². The maximum Gasteiger partial charge on any atom is 0.272 e. The van der Waals surface area contributed by atoms with E-state index in [1.165, 1.54) is 18.2 Å². The summed E-state index contributed by atoms with van der Waals surface area (Å²) in [4.78, 5) is 63.2. The maximum absolute atomic E-state index is 13.5. The molecule has 27 heteroatoms. The molecular weight excluding hydrogens is 1290 g/mol. The van der Waals surface area contributed by atoms with Crippen molar-refractivity contribution in [3.05, 3.63) is 242 Å². The van der Waals surface area contributed by atoms with Gasteiger partial charge in [0.15, 0.2) is 5.78 Å². The molecular formula is C71H76Cl2F2N20O3.